The molecule has 0 heterocycles. The number of hydrogen-bond donors (Lipinski definition) is 3. The highest BCUT2D eigenvalue weighted by molar-refractivity contribution is 5.69. The number of carboxylic acids is 1. The molecule has 0 saturated heterocycles. The maximum absolute atomic E-state index is 11.0. The summed E-state index contributed by atoms with van der Waals surface area (Å²) in [6.45, 7) is 3.29. The van der Waals surface area contributed by atoms with Crippen LogP contribution in [0, 0.1) is 5.92 Å². The van der Waals surface area contributed by atoms with Crippen LogP contribution in [0.1, 0.15) is 51.4 Å². The van der Waals surface area contributed by atoms with Gasteiger partial charge in [0.1, 0.15) is 0 Å². The van der Waals surface area contributed by atoms with Crippen LogP contribution < -0.4 is 0 Å². The third-order valence-electron chi connectivity index (χ3n) is 3.08. The molecule has 18 heavy (non-hydrogen) atoms. The molecule has 106 valence electrons. The molecular formula is C14H26O4. The van der Waals surface area contributed by atoms with Gasteiger partial charge in [0.25, 0.3) is 0 Å². The molecule has 0 aromatic rings. The fourth-order valence-electron chi connectivity index (χ4n) is 1.95. The SMILES string of the molecule is C=CCCCCCCCC(CC(O)CO)C(=O)O. The maximum Gasteiger partial charge on any atom is 0.306 e. The van der Waals surface area contributed by atoms with Crippen LogP contribution >= 0.6 is 0 Å². The molecule has 0 aliphatic rings. The minimum Gasteiger partial charge on any atom is -0.481 e. The van der Waals surface area contributed by atoms with Gasteiger partial charge < -0.3 is 15.3 Å². The highest BCUT2D eigenvalue weighted by Gasteiger charge is 2.20. The summed E-state index contributed by atoms with van der Waals surface area (Å²) >= 11 is 0. The molecule has 3 N–H and O–H groups in total. The normalized spacial score (nSPS) is 14.1. The molecule has 0 radical (unpaired) electrons. The van der Waals surface area contributed by atoms with E-state index in [0.29, 0.717) is 6.42 Å². The Bertz CT molecular complexity index is 228. The third-order valence-corrected chi connectivity index (χ3v) is 3.08. The lowest BCUT2D eigenvalue weighted by Crippen LogP contribution is -2.23. The molecule has 0 spiro atoms. The van der Waals surface area contributed by atoms with Crippen LogP contribution in [-0.4, -0.2) is 34.0 Å². The van der Waals surface area contributed by atoms with E-state index in [1.807, 2.05) is 6.08 Å². The van der Waals surface area contributed by atoms with Crippen molar-refractivity contribution in [1.29, 1.82) is 0 Å². The van der Waals surface area contributed by atoms with Gasteiger partial charge in [-0.3, -0.25) is 4.79 Å². The zero-order valence-electron chi connectivity index (χ0n) is 11.1. The van der Waals surface area contributed by atoms with Gasteiger partial charge in [0, 0.05) is 0 Å². The highest BCUT2D eigenvalue weighted by atomic mass is 16.4. The monoisotopic (exact) mass is 258 g/mol. The van der Waals surface area contributed by atoms with Crippen molar-refractivity contribution in [1.82, 2.24) is 0 Å². The zero-order chi connectivity index (χ0) is 13.8. The summed E-state index contributed by atoms with van der Waals surface area (Å²) in [4.78, 5) is 11.0. The van der Waals surface area contributed by atoms with Gasteiger partial charge in [-0.25, -0.2) is 0 Å². The van der Waals surface area contributed by atoms with Crippen molar-refractivity contribution in [2.45, 2.75) is 57.5 Å². The molecule has 0 amide bonds. The largest absolute Gasteiger partial charge is 0.481 e. The number of rotatable bonds is 12. The Morgan fingerprint density at radius 2 is 1.78 bits per heavy atom. The van der Waals surface area contributed by atoms with Gasteiger partial charge in [0.15, 0.2) is 0 Å². The van der Waals surface area contributed by atoms with E-state index in [2.05, 4.69) is 6.58 Å². The second-order valence-corrected chi connectivity index (χ2v) is 4.74. The molecule has 0 bridgehead atoms. The Morgan fingerprint density at radius 1 is 1.17 bits per heavy atom. The van der Waals surface area contributed by atoms with Gasteiger partial charge in [-0.05, 0) is 25.7 Å². The number of carbonyl (C=O) groups is 1. The van der Waals surface area contributed by atoms with Crippen LogP contribution in [0.5, 0.6) is 0 Å². The minimum absolute atomic E-state index is 0.141. The second kappa shape index (κ2) is 11.2. The number of aliphatic carboxylic acids is 1. The first-order valence-corrected chi connectivity index (χ1v) is 6.74. The summed E-state index contributed by atoms with van der Waals surface area (Å²) in [5, 5.41) is 26.9. The van der Waals surface area contributed by atoms with E-state index >= 15 is 0 Å². The Balaban J connectivity index is 3.64. The summed E-state index contributed by atoms with van der Waals surface area (Å²) in [6.07, 6.45) is 8.06. The van der Waals surface area contributed by atoms with Crippen LogP contribution in [0.2, 0.25) is 0 Å². The molecule has 0 fully saturated rings. The van der Waals surface area contributed by atoms with E-state index in [9.17, 15) is 9.90 Å². The van der Waals surface area contributed by atoms with Crippen LogP contribution in [0.3, 0.4) is 0 Å². The average molecular weight is 258 g/mol. The summed E-state index contributed by atoms with van der Waals surface area (Å²) in [5.41, 5.74) is 0. The quantitative estimate of drug-likeness (QED) is 0.371. The summed E-state index contributed by atoms with van der Waals surface area (Å²) in [6, 6.07) is 0. The second-order valence-electron chi connectivity index (χ2n) is 4.74. The number of hydrogen-bond acceptors (Lipinski definition) is 3. The number of allylic oxidation sites excluding steroid dienone is 1. The van der Waals surface area contributed by atoms with Crippen LogP contribution in [0.25, 0.3) is 0 Å². The molecule has 4 nitrogen and oxygen atoms in total. The van der Waals surface area contributed by atoms with Crippen molar-refractivity contribution in [3.8, 4) is 0 Å². The lowest BCUT2D eigenvalue weighted by atomic mass is 9.95. The van der Waals surface area contributed by atoms with Gasteiger partial charge in [-0.15, -0.1) is 6.58 Å². The van der Waals surface area contributed by atoms with Crippen molar-refractivity contribution in [3.63, 3.8) is 0 Å². The lowest BCUT2D eigenvalue weighted by Gasteiger charge is -2.15. The van der Waals surface area contributed by atoms with Gasteiger partial charge in [0.2, 0.25) is 0 Å². The summed E-state index contributed by atoms with van der Waals surface area (Å²) in [5.74, 6) is -1.42. The Kier molecular flexibility index (Phi) is 10.7. The van der Waals surface area contributed by atoms with E-state index in [0.717, 1.165) is 38.5 Å². The van der Waals surface area contributed by atoms with Gasteiger partial charge >= 0.3 is 5.97 Å². The van der Waals surface area contributed by atoms with Gasteiger partial charge in [-0.1, -0.05) is 31.8 Å². The third kappa shape index (κ3) is 9.19. The molecule has 4 heteroatoms. The van der Waals surface area contributed by atoms with E-state index in [1.165, 1.54) is 0 Å². The molecule has 0 aromatic carbocycles. The molecule has 2 unspecified atom stereocenters. The van der Waals surface area contributed by atoms with E-state index in [4.69, 9.17) is 10.2 Å². The Hall–Kier alpha value is -0.870. The zero-order valence-corrected chi connectivity index (χ0v) is 11.1. The number of carboxylic acid groups (broad SMARTS) is 1. The Morgan fingerprint density at radius 3 is 2.33 bits per heavy atom. The fourth-order valence-corrected chi connectivity index (χ4v) is 1.95. The van der Waals surface area contributed by atoms with Crippen molar-refractivity contribution in [3.05, 3.63) is 12.7 Å². The predicted molar refractivity (Wildman–Crippen MR) is 71.4 cm³/mol. The smallest absolute Gasteiger partial charge is 0.306 e. The molecule has 0 aliphatic carbocycles. The number of aliphatic hydroxyl groups is 2. The molecule has 0 saturated carbocycles. The highest BCUT2D eigenvalue weighted by Crippen LogP contribution is 2.17. The average Bonchev–Trinajstić information content (AvgIpc) is 2.35. The first-order chi connectivity index (χ1) is 8.61. The van der Waals surface area contributed by atoms with E-state index in [-0.39, 0.29) is 13.0 Å². The standard InChI is InChI=1S/C14H26O4/c1-2-3-4-5-6-7-8-9-12(14(17)18)10-13(16)11-15/h2,12-13,15-16H,1,3-11H2,(H,17,18). The lowest BCUT2D eigenvalue weighted by molar-refractivity contribution is -0.143. The molecular weight excluding hydrogens is 232 g/mol. The Labute approximate surface area is 109 Å². The molecule has 2 atom stereocenters. The minimum atomic E-state index is -0.918. The number of unbranched alkanes of at least 4 members (excludes halogenated alkanes) is 5. The van der Waals surface area contributed by atoms with Crippen LogP contribution in [0.4, 0.5) is 0 Å². The van der Waals surface area contributed by atoms with Crippen molar-refractivity contribution < 1.29 is 20.1 Å². The molecule has 0 aromatic heterocycles. The van der Waals surface area contributed by atoms with Crippen molar-refractivity contribution >= 4 is 5.97 Å². The van der Waals surface area contributed by atoms with Gasteiger partial charge in [0.05, 0.1) is 18.6 Å². The van der Waals surface area contributed by atoms with Crippen molar-refractivity contribution in [2.24, 2.45) is 5.92 Å². The fraction of sp³-hybridized carbons (Fsp3) is 0.786. The first-order valence-electron chi connectivity index (χ1n) is 6.74. The van der Waals surface area contributed by atoms with Crippen LogP contribution in [-0.2, 0) is 4.79 Å². The van der Waals surface area contributed by atoms with E-state index in [1.54, 1.807) is 0 Å². The maximum atomic E-state index is 11.0. The van der Waals surface area contributed by atoms with Crippen LogP contribution in [0.15, 0.2) is 12.7 Å². The summed E-state index contributed by atoms with van der Waals surface area (Å²) in [7, 11) is 0. The first kappa shape index (κ1) is 17.1. The molecule has 0 aliphatic heterocycles. The van der Waals surface area contributed by atoms with Crippen molar-refractivity contribution in [2.75, 3.05) is 6.61 Å². The number of aliphatic hydroxyl groups excluding tert-OH is 2. The summed E-state index contributed by atoms with van der Waals surface area (Å²) < 4.78 is 0. The van der Waals surface area contributed by atoms with E-state index < -0.39 is 18.0 Å². The predicted octanol–water partition coefficient (Wildman–Crippen LogP) is 2.35. The topological polar surface area (TPSA) is 77.8 Å². The van der Waals surface area contributed by atoms with Gasteiger partial charge in [-0.2, -0.15) is 0 Å². The molecule has 0 rings (SSSR count).